The second kappa shape index (κ2) is 8.41. The molecule has 1 aliphatic heterocycles. The number of Topliss-reactive ketones (excluding diaryl/α,β-unsaturated/α-hetero) is 1. The number of amides is 1. The zero-order chi connectivity index (χ0) is 20.2. The van der Waals surface area contributed by atoms with Gasteiger partial charge in [-0.15, -0.1) is 0 Å². The molecule has 1 fully saturated rings. The van der Waals surface area contributed by atoms with Crippen molar-refractivity contribution in [3.63, 3.8) is 0 Å². The molecule has 148 valence electrons. The second-order valence-electron chi connectivity index (χ2n) is 7.59. The summed E-state index contributed by atoms with van der Waals surface area (Å²) in [7, 11) is 2.82. The Morgan fingerprint density at radius 1 is 1.15 bits per heavy atom. The molecule has 0 radical (unpaired) electrons. The van der Waals surface area contributed by atoms with Crippen molar-refractivity contribution in [2.45, 2.75) is 38.7 Å². The van der Waals surface area contributed by atoms with Gasteiger partial charge in [0.25, 0.3) is 0 Å². The van der Waals surface area contributed by atoms with Crippen molar-refractivity contribution in [1.29, 1.82) is 0 Å². The second-order valence-corrected chi connectivity index (χ2v) is 7.59. The highest BCUT2D eigenvalue weighted by Gasteiger charge is 2.42. The topological polar surface area (TPSA) is 82.1 Å². The van der Waals surface area contributed by atoms with E-state index in [2.05, 4.69) is 4.74 Å². The fourth-order valence-corrected chi connectivity index (χ4v) is 3.16. The minimum Gasteiger partial charge on any atom is -0.497 e. The third-order valence-electron chi connectivity index (χ3n) is 4.45. The largest absolute Gasteiger partial charge is 0.497 e. The summed E-state index contributed by atoms with van der Waals surface area (Å²) < 4.78 is 15.3. The lowest BCUT2D eigenvalue weighted by atomic mass is 9.85. The minimum atomic E-state index is -0.628. The summed E-state index contributed by atoms with van der Waals surface area (Å²) >= 11 is 0. The van der Waals surface area contributed by atoms with E-state index in [1.807, 2.05) is 24.3 Å². The molecule has 7 nitrogen and oxygen atoms in total. The first-order valence-corrected chi connectivity index (χ1v) is 8.86. The number of hydrogen-bond donors (Lipinski definition) is 0. The Labute approximate surface area is 159 Å². The molecule has 1 aromatic rings. The van der Waals surface area contributed by atoms with E-state index < -0.39 is 23.6 Å². The highest BCUT2D eigenvalue weighted by atomic mass is 16.6. The number of nitrogens with zero attached hydrogens (tertiary/aromatic N) is 1. The Morgan fingerprint density at radius 2 is 1.85 bits per heavy atom. The van der Waals surface area contributed by atoms with Gasteiger partial charge in [-0.1, -0.05) is 12.1 Å². The van der Waals surface area contributed by atoms with E-state index in [9.17, 15) is 14.4 Å². The lowest BCUT2D eigenvalue weighted by molar-refractivity contribution is -0.144. The molecule has 27 heavy (non-hydrogen) atoms. The van der Waals surface area contributed by atoms with Gasteiger partial charge in [-0.05, 0) is 38.5 Å². The Morgan fingerprint density at radius 3 is 2.44 bits per heavy atom. The van der Waals surface area contributed by atoms with Gasteiger partial charge in [0, 0.05) is 24.9 Å². The summed E-state index contributed by atoms with van der Waals surface area (Å²) in [5, 5.41) is 0. The Hall–Kier alpha value is -2.57. The first-order valence-electron chi connectivity index (χ1n) is 8.86. The number of methoxy groups -OCH3 is 2. The van der Waals surface area contributed by atoms with Crippen molar-refractivity contribution in [3.8, 4) is 5.75 Å². The van der Waals surface area contributed by atoms with Gasteiger partial charge in [-0.3, -0.25) is 9.59 Å². The average Bonchev–Trinajstić information content (AvgIpc) is 3.06. The summed E-state index contributed by atoms with van der Waals surface area (Å²) in [6.07, 6.45) is -0.784. The summed E-state index contributed by atoms with van der Waals surface area (Å²) in [6.45, 7) is 5.91. The van der Waals surface area contributed by atoms with Crippen molar-refractivity contribution in [3.05, 3.63) is 29.8 Å². The van der Waals surface area contributed by atoms with Crippen molar-refractivity contribution < 1.29 is 28.6 Å². The normalized spacial score (nSPS) is 19.5. The Bertz CT molecular complexity index is 709. The number of ketones is 1. The van der Waals surface area contributed by atoms with Crippen molar-refractivity contribution in [2.75, 3.05) is 27.3 Å². The number of ether oxygens (including phenoxy) is 3. The predicted molar refractivity (Wildman–Crippen MR) is 98.7 cm³/mol. The molecule has 1 amide bonds. The quantitative estimate of drug-likeness (QED) is 0.580. The van der Waals surface area contributed by atoms with Crippen LogP contribution in [0.1, 0.15) is 38.7 Å². The smallest absolute Gasteiger partial charge is 0.410 e. The van der Waals surface area contributed by atoms with Crippen molar-refractivity contribution in [2.24, 2.45) is 5.92 Å². The van der Waals surface area contributed by atoms with Gasteiger partial charge in [0.05, 0.1) is 14.2 Å². The predicted octanol–water partition coefficient (Wildman–Crippen LogP) is 2.78. The minimum absolute atomic E-state index is 0.201. The van der Waals surface area contributed by atoms with Gasteiger partial charge < -0.3 is 19.1 Å². The maximum Gasteiger partial charge on any atom is 0.410 e. The maximum atomic E-state index is 12.7. The van der Waals surface area contributed by atoms with Crippen molar-refractivity contribution in [1.82, 2.24) is 4.90 Å². The average molecular weight is 377 g/mol. The molecule has 7 heteroatoms. The molecule has 2 rings (SSSR count). The maximum absolute atomic E-state index is 12.7. The van der Waals surface area contributed by atoms with Crippen LogP contribution >= 0.6 is 0 Å². The van der Waals surface area contributed by atoms with Gasteiger partial charge in [-0.25, -0.2) is 4.79 Å². The lowest BCUT2D eigenvalue weighted by Crippen LogP contribution is -2.36. The van der Waals surface area contributed by atoms with Gasteiger partial charge in [0.1, 0.15) is 23.6 Å². The number of likely N-dealkylation sites (tertiary alicyclic amines) is 1. The van der Waals surface area contributed by atoms with E-state index in [0.29, 0.717) is 12.3 Å². The van der Waals surface area contributed by atoms with Crippen LogP contribution in [0.25, 0.3) is 0 Å². The third kappa shape index (κ3) is 5.45. The fraction of sp³-hybridized carbons (Fsp3) is 0.550. The molecule has 1 aromatic carbocycles. The van der Waals surface area contributed by atoms with Crippen LogP contribution in [0.2, 0.25) is 0 Å². The van der Waals surface area contributed by atoms with Crippen LogP contribution in [0, 0.1) is 5.92 Å². The SMILES string of the molecule is COC(=O)CC(=O)[C@@H]1CN(C(=O)OC(C)(C)C)C[C@@H]1c1cccc(OC)c1. The molecule has 0 aliphatic carbocycles. The number of hydrogen-bond acceptors (Lipinski definition) is 6. The molecule has 2 atom stereocenters. The zero-order valence-electron chi connectivity index (χ0n) is 16.5. The van der Waals surface area contributed by atoms with Crippen LogP contribution in [-0.2, 0) is 19.1 Å². The summed E-state index contributed by atoms with van der Waals surface area (Å²) in [5.41, 5.74) is 0.250. The molecule has 0 spiro atoms. The van der Waals surface area contributed by atoms with Crippen LogP contribution < -0.4 is 4.74 Å². The molecule has 1 heterocycles. The Balaban J connectivity index is 2.27. The molecular weight excluding hydrogens is 350 g/mol. The van der Waals surface area contributed by atoms with E-state index >= 15 is 0 Å². The van der Waals surface area contributed by atoms with E-state index in [1.165, 1.54) is 12.0 Å². The number of esters is 1. The summed E-state index contributed by atoms with van der Waals surface area (Å²) in [4.78, 5) is 38.3. The number of benzene rings is 1. The monoisotopic (exact) mass is 377 g/mol. The molecular formula is C20H27NO6. The molecule has 1 saturated heterocycles. The number of carbonyl (C=O) groups is 3. The molecule has 0 saturated carbocycles. The van der Waals surface area contributed by atoms with Gasteiger partial charge in [0.15, 0.2) is 0 Å². The molecule has 0 N–H and O–H groups in total. The number of rotatable bonds is 5. The number of carbonyl (C=O) groups excluding carboxylic acids is 3. The zero-order valence-corrected chi connectivity index (χ0v) is 16.5. The van der Waals surface area contributed by atoms with E-state index in [-0.39, 0.29) is 24.7 Å². The van der Waals surface area contributed by atoms with Crippen LogP contribution in [0.15, 0.2) is 24.3 Å². The van der Waals surface area contributed by atoms with Crippen molar-refractivity contribution >= 4 is 17.8 Å². The van der Waals surface area contributed by atoms with E-state index in [0.717, 1.165) is 5.56 Å². The first-order chi connectivity index (χ1) is 12.6. The van der Waals surface area contributed by atoms with Gasteiger partial charge in [0.2, 0.25) is 0 Å². The first kappa shape index (κ1) is 20.7. The standard InChI is InChI=1S/C20H27NO6/c1-20(2,3)27-19(24)21-11-15(13-7-6-8-14(9-13)25-4)16(12-21)17(22)10-18(23)26-5/h6-9,15-16H,10-12H2,1-5H3/t15-,16-/m1/s1. The van der Waals surface area contributed by atoms with Crippen LogP contribution in [0.5, 0.6) is 5.75 Å². The van der Waals surface area contributed by atoms with Crippen LogP contribution in [0.4, 0.5) is 4.79 Å². The van der Waals surface area contributed by atoms with Crippen LogP contribution in [0.3, 0.4) is 0 Å². The molecule has 0 aromatic heterocycles. The van der Waals surface area contributed by atoms with E-state index in [4.69, 9.17) is 9.47 Å². The van der Waals surface area contributed by atoms with E-state index in [1.54, 1.807) is 27.9 Å². The summed E-state index contributed by atoms with van der Waals surface area (Å²) in [6, 6.07) is 7.40. The molecule has 0 unspecified atom stereocenters. The van der Waals surface area contributed by atoms with Crippen LogP contribution in [-0.4, -0.2) is 55.7 Å². The van der Waals surface area contributed by atoms with Gasteiger partial charge in [-0.2, -0.15) is 0 Å². The summed E-state index contributed by atoms with van der Waals surface area (Å²) in [5.74, 6) is -0.920. The Kier molecular flexibility index (Phi) is 6.46. The highest BCUT2D eigenvalue weighted by Crippen LogP contribution is 2.36. The molecule has 1 aliphatic rings. The highest BCUT2D eigenvalue weighted by molar-refractivity contribution is 5.97. The third-order valence-corrected chi connectivity index (χ3v) is 4.45. The molecule has 0 bridgehead atoms. The lowest BCUT2D eigenvalue weighted by Gasteiger charge is -2.24. The fourth-order valence-electron chi connectivity index (χ4n) is 3.16. The van der Waals surface area contributed by atoms with Gasteiger partial charge >= 0.3 is 12.1 Å².